The van der Waals surface area contributed by atoms with E-state index in [2.05, 4.69) is 77.2 Å². The Labute approximate surface area is 341 Å². The number of oxazole rings is 1. The Bertz CT molecular complexity index is 2860. The summed E-state index contributed by atoms with van der Waals surface area (Å²) in [6.07, 6.45) is 0. The highest BCUT2D eigenvalue weighted by Crippen LogP contribution is 2.44. The lowest BCUT2D eigenvalue weighted by Crippen LogP contribution is -2.16. The van der Waals surface area contributed by atoms with E-state index in [0.717, 1.165) is 66.1 Å². The number of anilines is 5. The van der Waals surface area contributed by atoms with Crippen LogP contribution in [-0.4, -0.2) is 24.7 Å². The average Bonchev–Trinajstić information content (AvgIpc) is 3.88. The number of benzene rings is 4. The zero-order valence-corrected chi connectivity index (χ0v) is 35.2. The van der Waals surface area contributed by atoms with E-state index in [4.69, 9.17) is 34.7 Å². The van der Waals surface area contributed by atoms with Gasteiger partial charge in [-0.05, 0) is 107 Å². The number of hydrogen-bond acceptors (Lipinski definition) is 11. The van der Waals surface area contributed by atoms with Crippen molar-refractivity contribution in [1.82, 2.24) is 24.7 Å². The van der Waals surface area contributed by atoms with Crippen LogP contribution in [0.1, 0.15) is 71.0 Å². The van der Waals surface area contributed by atoms with Gasteiger partial charge in [-0.25, -0.2) is 14.9 Å². The van der Waals surface area contributed by atoms with Crippen LogP contribution >= 0.6 is 11.3 Å². The Balaban J connectivity index is 1.36. The first-order chi connectivity index (χ1) is 27.7. The molecule has 11 nitrogen and oxygen atoms in total. The molecule has 8 rings (SSSR count). The van der Waals surface area contributed by atoms with Gasteiger partial charge in [0.25, 0.3) is 0 Å². The molecule has 0 saturated carbocycles. The van der Waals surface area contributed by atoms with E-state index in [9.17, 15) is 5.26 Å². The number of nitrogens with zero attached hydrogens (tertiary/aromatic N) is 9. The molecule has 4 aromatic heterocycles. The van der Waals surface area contributed by atoms with Crippen molar-refractivity contribution in [3.05, 3.63) is 129 Å². The molecule has 0 aliphatic carbocycles. The van der Waals surface area contributed by atoms with Crippen molar-refractivity contribution in [3.8, 4) is 11.2 Å². The highest BCUT2D eigenvalue weighted by Gasteiger charge is 2.30. The standard InChI is InChI=1S/C46H44N10OS/c1-25-19-27(3)38(28(4)20-25)51-42-39(52-53-43-32(24-47)41(46(8,9)10)54-56(43)45-49-34-16-12-14-18-36(34)58-45)29(5)23-37(50-42)55(40-30(6)21-26(2)22-31(40)7)44-48-33-15-11-13-17-35(33)57-44/h11-23H,1-10H3,(H,50,51). The molecular weight excluding hydrogens is 741 g/mol. The van der Waals surface area contributed by atoms with E-state index in [0.29, 0.717) is 51.1 Å². The Morgan fingerprint density at radius 1 is 0.759 bits per heavy atom. The van der Waals surface area contributed by atoms with E-state index < -0.39 is 5.41 Å². The van der Waals surface area contributed by atoms with Gasteiger partial charge in [-0.15, -0.1) is 10.2 Å². The fourth-order valence-electron chi connectivity index (χ4n) is 7.57. The van der Waals surface area contributed by atoms with Crippen LogP contribution in [0.25, 0.3) is 26.4 Å². The number of pyridine rings is 1. The molecule has 0 aliphatic heterocycles. The van der Waals surface area contributed by atoms with Gasteiger partial charge in [-0.1, -0.05) is 91.8 Å². The van der Waals surface area contributed by atoms with Crippen LogP contribution in [0.15, 0.2) is 93.5 Å². The Morgan fingerprint density at radius 3 is 2.03 bits per heavy atom. The number of nitriles is 1. The fraction of sp³-hybridized carbons (Fsp3) is 0.239. The predicted molar refractivity (Wildman–Crippen MR) is 234 cm³/mol. The first-order valence-corrected chi connectivity index (χ1v) is 19.9. The van der Waals surface area contributed by atoms with Crippen LogP contribution < -0.4 is 10.2 Å². The zero-order valence-electron chi connectivity index (χ0n) is 34.3. The molecule has 12 heteroatoms. The number of azo groups is 1. The van der Waals surface area contributed by atoms with E-state index in [1.54, 1.807) is 4.68 Å². The van der Waals surface area contributed by atoms with Gasteiger partial charge in [-0.2, -0.15) is 20.0 Å². The van der Waals surface area contributed by atoms with Gasteiger partial charge < -0.3 is 9.73 Å². The third-order valence-corrected chi connectivity index (χ3v) is 11.1. The summed E-state index contributed by atoms with van der Waals surface area (Å²) in [5.41, 5.74) is 12.4. The van der Waals surface area contributed by atoms with Crippen LogP contribution in [0.2, 0.25) is 0 Å². The molecule has 1 N–H and O–H groups in total. The number of nitrogens with one attached hydrogen (secondary N) is 1. The summed E-state index contributed by atoms with van der Waals surface area (Å²) in [6.45, 7) is 20.6. The third-order valence-electron chi connectivity index (χ3n) is 10.0. The Morgan fingerprint density at radius 2 is 1.40 bits per heavy atom. The summed E-state index contributed by atoms with van der Waals surface area (Å²) in [7, 11) is 0. The van der Waals surface area contributed by atoms with E-state index >= 15 is 0 Å². The normalized spacial score (nSPS) is 11.9. The van der Waals surface area contributed by atoms with Gasteiger partial charge in [-0.3, -0.25) is 0 Å². The lowest BCUT2D eigenvalue weighted by molar-refractivity contribution is 0.559. The molecule has 0 aliphatic rings. The molecule has 0 saturated heterocycles. The second-order valence-electron chi connectivity index (χ2n) is 15.9. The minimum absolute atomic E-state index is 0.294. The summed E-state index contributed by atoms with van der Waals surface area (Å²) in [6, 6.07) is 29.0. The van der Waals surface area contributed by atoms with Gasteiger partial charge in [0.1, 0.15) is 28.7 Å². The van der Waals surface area contributed by atoms with Crippen molar-refractivity contribution in [2.45, 2.75) is 74.7 Å². The fourth-order valence-corrected chi connectivity index (χ4v) is 8.49. The number of rotatable bonds is 8. The number of para-hydroxylation sites is 3. The molecule has 0 fully saturated rings. The van der Waals surface area contributed by atoms with Gasteiger partial charge in [0.15, 0.2) is 17.2 Å². The van der Waals surface area contributed by atoms with Gasteiger partial charge >= 0.3 is 6.01 Å². The monoisotopic (exact) mass is 784 g/mol. The maximum absolute atomic E-state index is 10.6. The molecule has 8 aromatic rings. The zero-order chi connectivity index (χ0) is 41.0. The summed E-state index contributed by atoms with van der Waals surface area (Å²) in [4.78, 5) is 17.1. The molecule has 0 unspecified atom stereocenters. The molecule has 290 valence electrons. The van der Waals surface area contributed by atoms with Crippen LogP contribution in [-0.2, 0) is 5.41 Å². The number of hydrogen-bond donors (Lipinski definition) is 1. The number of fused-ring (bicyclic) bond motifs is 2. The van der Waals surface area contributed by atoms with Crippen molar-refractivity contribution in [3.63, 3.8) is 0 Å². The minimum atomic E-state index is -0.454. The van der Waals surface area contributed by atoms with Crippen molar-refractivity contribution < 1.29 is 4.42 Å². The quantitative estimate of drug-likeness (QED) is 0.151. The van der Waals surface area contributed by atoms with Gasteiger partial charge in [0, 0.05) is 11.1 Å². The first kappa shape index (κ1) is 38.2. The van der Waals surface area contributed by atoms with Crippen molar-refractivity contribution in [2.75, 3.05) is 10.2 Å². The molecule has 58 heavy (non-hydrogen) atoms. The second-order valence-corrected chi connectivity index (χ2v) is 16.9. The van der Waals surface area contributed by atoms with Crippen molar-refractivity contribution in [2.24, 2.45) is 10.2 Å². The molecule has 0 spiro atoms. The molecule has 0 atom stereocenters. The summed E-state index contributed by atoms with van der Waals surface area (Å²) in [5, 5.41) is 29.6. The van der Waals surface area contributed by atoms with E-state index in [1.807, 2.05) is 87.2 Å². The van der Waals surface area contributed by atoms with E-state index in [1.165, 1.54) is 11.3 Å². The third kappa shape index (κ3) is 6.98. The van der Waals surface area contributed by atoms with Crippen LogP contribution in [0.5, 0.6) is 0 Å². The predicted octanol–water partition coefficient (Wildman–Crippen LogP) is 13.0. The topological polar surface area (TPSA) is 133 Å². The number of aryl methyl sites for hydroxylation is 7. The number of aromatic nitrogens is 5. The van der Waals surface area contributed by atoms with E-state index in [-0.39, 0.29) is 0 Å². The number of thiazole rings is 1. The van der Waals surface area contributed by atoms with Gasteiger partial charge in [0.2, 0.25) is 5.13 Å². The lowest BCUT2D eigenvalue weighted by atomic mass is 9.90. The maximum atomic E-state index is 10.6. The van der Waals surface area contributed by atoms with Crippen LogP contribution in [0.3, 0.4) is 0 Å². The van der Waals surface area contributed by atoms with Crippen molar-refractivity contribution in [1.29, 1.82) is 5.26 Å². The Kier molecular flexibility index (Phi) is 9.65. The summed E-state index contributed by atoms with van der Waals surface area (Å²) in [5.74, 6) is 1.34. The van der Waals surface area contributed by atoms with Crippen molar-refractivity contribution >= 4 is 73.2 Å². The SMILES string of the molecule is Cc1cc(C)c(Nc2nc(N(c3nc4ccccc4o3)c3c(C)cc(C)cc3C)cc(C)c2N=Nc2c(C#N)c(C(C)(C)C)nn2-c2nc3ccccc3s2)c(C)c1. The molecule has 4 heterocycles. The Hall–Kier alpha value is -6.71. The largest absolute Gasteiger partial charge is 0.423 e. The van der Waals surface area contributed by atoms with Crippen LogP contribution in [0, 0.1) is 59.8 Å². The first-order valence-electron chi connectivity index (χ1n) is 19.1. The summed E-state index contributed by atoms with van der Waals surface area (Å²) < 4.78 is 9.11. The summed E-state index contributed by atoms with van der Waals surface area (Å²) >= 11 is 1.48. The minimum Gasteiger partial charge on any atom is -0.423 e. The molecule has 4 aromatic carbocycles. The molecule has 0 radical (unpaired) electrons. The van der Waals surface area contributed by atoms with Crippen LogP contribution in [0.4, 0.5) is 40.5 Å². The second kappa shape index (κ2) is 14.7. The van der Waals surface area contributed by atoms with Gasteiger partial charge in [0.05, 0.1) is 21.6 Å². The molecule has 0 bridgehead atoms. The smallest absolute Gasteiger partial charge is 0.309 e. The highest BCUT2D eigenvalue weighted by molar-refractivity contribution is 7.20. The average molecular weight is 785 g/mol. The lowest BCUT2D eigenvalue weighted by Gasteiger charge is -2.26. The molecule has 0 amide bonds. The highest BCUT2D eigenvalue weighted by atomic mass is 32.1. The molecular formula is C46H44N10OS. The maximum Gasteiger partial charge on any atom is 0.309 e.